The van der Waals surface area contributed by atoms with Crippen molar-refractivity contribution in [1.82, 2.24) is 14.9 Å². The first-order valence-electron chi connectivity index (χ1n) is 13.0. The fraction of sp³-hybridized carbons (Fsp3) is 0.769. The SMILES string of the molecule is O=C(CCC1CCCC1)N1CCc2c(ncnc2NC(=O)C23CC4CC(CC(C4)C2)C3)C1. The van der Waals surface area contributed by atoms with Crippen molar-refractivity contribution >= 4 is 17.6 Å². The standard InChI is InChI=1S/C26H36N4O2/c31-23(6-5-17-3-1-2-4-17)30-8-7-21-22(15-30)27-16-28-24(21)29-25(32)26-12-18-9-19(13-26)11-20(10-18)14-26/h16-20H,1-15H2,(H,27,28,29,32). The van der Waals surface area contributed by atoms with Gasteiger partial charge < -0.3 is 10.2 Å². The topological polar surface area (TPSA) is 75.2 Å². The van der Waals surface area contributed by atoms with Crippen LogP contribution in [0, 0.1) is 29.1 Å². The van der Waals surface area contributed by atoms with Gasteiger partial charge in [0, 0.05) is 18.5 Å². The van der Waals surface area contributed by atoms with Gasteiger partial charge in [-0.2, -0.15) is 0 Å². The molecule has 0 spiro atoms. The molecule has 2 amide bonds. The van der Waals surface area contributed by atoms with E-state index in [2.05, 4.69) is 15.3 Å². The van der Waals surface area contributed by atoms with Crippen LogP contribution in [-0.2, 0) is 22.6 Å². The molecule has 1 aromatic heterocycles. The Morgan fingerprint density at radius 3 is 2.41 bits per heavy atom. The van der Waals surface area contributed by atoms with Crippen LogP contribution in [0.3, 0.4) is 0 Å². The van der Waals surface area contributed by atoms with Crippen LogP contribution in [0.2, 0.25) is 0 Å². The second-order valence-electron chi connectivity index (χ2n) is 11.6. The number of carbonyl (C=O) groups is 2. The molecule has 5 saturated carbocycles. The number of hydrogen-bond donors (Lipinski definition) is 1. The number of amides is 2. The summed E-state index contributed by atoms with van der Waals surface area (Å²) in [6.45, 7) is 1.24. The average Bonchev–Trinajstić information content (AvgIpc) is 3.30. The summed E-state index contributed by atoms with van der Waals surface area (Å²) in [5, 5.41) is 3.24. The molecule has 4 bridgehead atoms. The maximum absolute atomic E-state index is 13.5. The summed E-state index contributed by atoms with van der Waals surface area (Å²) in [7, 11) is 0. The number of fused-ring (bicyclic) bond motifs is 1. The van der Waals surface area contributed by atoms with Gasteiger partial charge in [0.15, 0.2) is 0 Å². The first kappa shape index (κ1) is 20.6. The monoisotopic (exact) mass is 436 g/mol. The predicted molar refractivity (Wildman–Crippen MR) is 122 cm³/mol. The van der Waals surface area contributed by atoms with Crippen LogP contribution in [0.5, 0.6) is 0 Å². The number of nitrogens with one attached hydrogen (secondary N) is 1. The summed E-state index contributed by atoms with van der Waals surface area (Å²) < 4.78 is 0. The Balaban J connectivity index is 1.12. The molecule has 0 aromatic carbocycles. The lowest BCUT2D eigenvalue weighted by Gasteiger charge is -2.55. The lowest BCUT2D eigenvalue weighted by Crippen LogP contribution is -2.52. The first-order chi connectivity index (χ1) is 15.6. The summed E-state index contributed by atoms with van der Waals surface area (Å²) in [6, 6.07) is 0. The molecule has 6 heteroatoms. The Morgan fingerprint density at radius 1 is 1.03 bits per heavy atom. The van der Waals surface area contributed by atoms with Crippen LogP contribution in [0.15, 0.2) is 6.33 Å². The van der Waals surface area contributed by atoms with Crippen molar-refractivity contribution in [3.8, 4) is 0 Å². The van der Waals surface area contributed by atoms with E-state index in [0.29, 0.717) is 25.3 Å². The van der Waals surface area contributed by atoms with E-state index in [9.17, 15) is 9.59 Å². The minimum atomic E-state index is -0.177. The molecule has 6 nitrogen and oxygen atoms in total. The van der Waals surface area contributed by atoms with Crippen molar-refractivity contribution in [3.63, 3.8) is 0 Å². The number of hydrogen-bond acceptors (Lipinski definition) is 4. The Bertz CT molecular complexity index is 872. The van der Waals surface area contributed by atoms with Crippen molar-refractivity contribution < 1.29 is 9.59 Å². The van der Waals surface area contributed by atoms with Gasteiger partial charge in [-0.3, -0.25) is 9.59 Å². The zero-order chi connectivity index (χ0) is 21.7. The Kier molecular flexibility index (Phi) is 5.22. The van der Waals surface area contributed by atoms with E-state index in [0.717, 1.165) is 67.0 Å². The van der Waals surface area contributed by atoms with Crippen LogP contribution in [0.25, 0.3) is 0 Å². The van der Waals surface area contributed by atoms with Gasteiger partial charge in [0.1, 0.15) is 12.1 Å². The molecule has 1 aliphatic heterocycles. The molecular formula is C26H36N4O2. The van der Waals surface area contributed by atoms with E-state index < -0.39 is 0 Å². The summed E-state index contributed by atoms with van der Waals surface area (Å²) >= 11 is 0. The van der Waals surface area contributed by atoms with Crippen LogP contribution in [0.4, 0.5) is 5.82 Å². The van der Waals surface area contributed by atoms with Gasteiger partial charge in [-0.15, -0.1) is 0 Å². The Morgan fingerprint density at radius 2 is 1.72 bits per heavy atom. The smallest absolute Gasteiger partial charge is 0.231 e. The van der Waals surface area contributed by atoms with Gasteiger partial charge >= 0.3 is 0 Å². The third-order valence-electron chi connectivity index (χ3n) is 9.35. The van der Waals surface area contributed by atoms with Crippen molar-refractivity contribution in [2.45, 2.75) is 90.0 Å². The zero-order valence-electron chi connectivity index (χ0n) is 19.2. The van der Waals surface area contributed by atoms with Crippen molar-refractivity contribution in [2.75, 3.05) is 11.9 Å². The highest BCUT2D eigenvalue weighted by atomic mass is 16.2. The number of anilines is 1. The highest BCUT2D eigenvalue weighted by molar-refractivity contribution is 5.95. The summed E-state index contributed by atoms with van der Waals surface area (Å²) in [4.78, 5) is 37.2. The highest BCUT2D eigenvalue weighted by Crippen LogP contribution is 2.60. The fourth-order valence-corrected chi connectivity index (χ4v) is 8.09. The van der Waals surface area contributed by atoms with Crippen LogP contribution < -0.4 is 5.32 Å². The third-order valence-corrected chi connectivity index (χ3v) is 9.35. The van der Waals surface area contributed by atoms with E-state index in [-0.39, 0.29) is 17.2 Å². The van der Waals surface area contributed by atoms with Gasteiger partial charge in [-0.05, 0) is 75.0 Å². The number of rotatable bonds is 5. The molecule has 7 rings (SSSR count). The molecular weight excluding hydrogens is 400 g/mol. The minimum Gasteiger partial charge on any atom is -0.336 e. The second kappa shape index (κ2) is 8.11. The zero-order valence-corrected chi connectivity index (χ0v) is 19.2. The largest absolute Gasteiger partial charge is 0.336 e. The third kappa shape index (κ3) is 3.73. The normalized spacial score (nSPS) is 33.4. The van der Waals surface area contributed by atoms with E-state index in [1.54, 1.807) is 6.33 Å². The van der Waals surface area contributed by atoms with Crippen LogP contribution in [0.1, 0.15) is 88.3 Å². The van der Waals surface area contributed by atoms with Crippen molar-refractivity contribution in [2.24, 2.45) is 29.1 Å². The summed E-state index contributed by atoms with van der Waals surface area (Å²) in [5.41, 5.74) is 1.76. The van der Waals surface area contributed by atoms with Crippen LogP contribution >= 0.6 is 0 Å². The average molecular weight is 437 g/mol. The lowest BCUT2D eigenvalue weighted by molar-refractivity contribution is -0.140. The predicted octanol–water partition coefficient (Wildman–Crippen LogP) is 4.49. The van der Waals surface area contributed by atoms with Crippen molar-refractivity contribution in [1.29, 1.82) is 0 Å². The van der Waals surface area contributed by atoms with Gasteiger partial charge in [-0.1, -0.05) is 25.7 Å². The molecule has 5 fully saturated rings. The molecule has 5 aliphatic carbocycles. The molecule has 0 unspecified atom stereocenters. The number of aromatic nitrogens is 2. The molecule has 0 atom stereocenters. The van der Waals surface area contributed by atoms with Crippen LogP contribution in [-0.4, -0.2) is 33.2 Å². The van der Waals surface area contributed by atoms with Gasteiger partial charge in [0.05, 0.1) is 17.7 Å². The van der Waals surface area contributed by atoms with Gasteiger partial charge in [0.25, 0.3) is 0 Å². The molecule has 6 aliphatic rings. The summed E-state index contributed by atoms with van der Waals surface area (Å²) in [5.74, 6) is 4.10. The lowest BCUT2D eigenvalue weighted by atomic mass is 9.49. The maximum atomic E-state index is 13.5. The molecule has 0 radical (unpaired) electrons. The molecule has 1 aromatic rings. The van der Waals surface area contributed by atoms with Gasteiger partial charge in [-0.25, -0.2) is 9.97 Å². The second-order valence-corrected chi connectivity index (χ2v) is 11.6. The van der Waals surface area contributed by atoms with E-state index in [4.69, 9.17) is 0 Å². The molecule has 32 heavy (non-hydrogen) atoms. The highest BCUT2D eigenvalue weighted by Gasteiger charge is 2.54. The minimum absolute atomic E-state index is 0.177. The number of nitrogens with zero attached hydrogens (tertiary/aromatic N) is 3. The summed E-state index contributed by atoms with van der Waals surface area (Å²) in [6.07, 6.45) is 16.4. The Labute approximate surface area is 191 Å². The van der Waals surface area contributed by atoms with Crippen molar-refractivity contribution in [3.05, 3.63) is 17.6 Å². The molecule has 172 valence electrons. The molecule has 1 N–H and O–H groups in total. The first-order valence-corrected chi connectivity index (χ1v) is 13.0. The van der Waals surface area contributed by atoms with E-state index in [1.807, 2.05) is 4.90 Å². The van der Waals surface area contributed by atoms with E-state index in [1.165, 1.54) is 44.9 Å². The maximum Gasteiger partial charge on any atom is 0.231 e. The Hall–Kier alpha value is -1.98. The van der Waals surface area contributed by atoms with E-state index >= 15 is 0 Å². The molecule has 2 heterocycles. The molecule has 0 saturated heterocycles. The number of carbonyl (C=O) groups excluding carboxylic acids is 2. The quantitative estimate of drug-likeness (QED) is 0.738. The fourth-order valence-electron chi connectivity index (χ4n) is 8.09. The van der Waals surface area contributed by atoms with Gasteiger partial charge in [0.2, 0.25) is 11.8 Å².